The molecule has 1 aromatic carbocycles. The third kappa shape index (κ3) is 2.80. The first-order valence-electron chi connectivity index (χ1n) is 8.49. The summed E-state index contributed by atoms with van der Waals surface area (Å²) in [6.45, 7) is 2.66. The maximum absolute atomic E-state index is 12.6. The van der Waals surface area contributed by atoms with Crippen LogP contribution in [-0.2, 0) is 24.2 Å². The average molecular weight is 319 g/mol. The van der Waals surface area contributed by atoms with Gasteiger partial charge >= 0.3 is 0 Å². The number of rotatable bonds is 3. The molecule has 2 aromatic heterocycles. The molecule has 122 valence electrons. The molecular weight excluding hydrogens is 298 g/mol. The lowest BCUT2D eigenvalue weighted by molar-refractivity contribution is -0.125. The van der Waals surface area contributed by atoms with E-state index in [1.165, 1.54) is 11.3 Å². The van der Waals surface area contributed by atoms with Gasteiger partial charge in [-0.25, -0.2) is 4.98 Å². The smallest absolute Gasteiger partial charge is 0.223 e. The molecule has 1 unspecified atom stereocenters. The third-order valence-electron chi connectivity index (χ3n) is 4.84. The molecule has 0 spiro atoms. The molecule has 0 saturated heterocycles. The number of aryl methyl sites for hydroxylation is 2. The van der Waals surface area contributed by atoms with Gasteiger partial charge in [0.2, 0.25) is 5.91 Å². The molecule has 1 aliphatic rings. The van der Waals surface area contributed by atoms with Gasteiger partial charge in [-0.05, 0) is 37.5 Å². The lowest BCUT2D eigenvalue weighted by Crippen LogP contribution is -2.34. The molecule has 0 fully saturated rings. The summed E-state index contributed by atoms with van der Waals surface area (Å²) in [6, 6.07) is 14.3. The van der Waals surface area contributed by atoms with E-state index in [1.54, 1.807) is 0 Å². The predicted molar refractivity (Wildman–Crippen MR) is 93.7 cm³/mol. The number of hydrogen-bond acceptors (Lipinski definition) is 2. The first kappa shape index (κ1) is 14.9. The Labute approximate surface area is 141 Å². The van der Waals surface area contributed by atoms with E-state index in [0.29, 0.717) is 6.54 Å². The summed E-state index contributed by atoms with van der Waals surface area (Å²) >= 11 is 0. The van der Waals surface area contributed by atoms with E-state index in [0.717, 1.165) is 36.2 Å². The van der Waals surface area contributed by atoms with Crippen molar-refractivity contribution >= 4 is 11.6 Å². The zero-order valence-corrected chi connectivity index (χ0v) is 13.8. The second-order valence-electron chi connectivity index (χ2n) is 6.58. The highest BCUT2D eigenvalue weighted by Gasteiger charge is 2.27. The number of fused-ring (bicyclic) bond motifs is 3. The average Bonchev–Trinajstić information content (AvgIpc) is 2.99. The highest BCUT2D eigenvalue weighted by molar-refractivity contribution is 5.79. The molecule has 0 radical (unpaired) electrons. The monoisotopic (exact) mass is 319 g/mol. The summed E-state index contributed by atoms with van der Waals surface area (Å²) in [7, 11) is 0. The van der Waals surface area contributed by atoms with Crippen molar-refractivity contribution in [3.8, 4) is 0 Å². The molecule has 24 heavy (non-hydrogen) atoms. The van der Waals surface area contributed by atoms with Crippen LogP contribution in [0.25, 0.3) is 5.65 Å². The molecule has 3 aromatic rings. The number of imidazole rings is 1. The molecule has 1 atom stereocenters. The van der Waals surface area contributed by atoms with E-state index in [1.807, 2.05) is 24.4 Å². The van der Waals surface area contributed by atoms with Crippen LogP contribution in [0, 0.1) is 12.8 Å². The van der Waals surface area contributed by atoms with Crippen molar-refractivity contribution in [2.45, 2.75) is 32.7 Å². The van der Waals surface area contributed by atoms with Crippen molar-refractivity contribution in [2.24, 2.45) is 5.92 Å². The minimum Gasteiger partial charge on any atom is -0.352 e. The van der Waals surface area contributed by atoms with Gasteiger partial charge in [0.1, 0.15) is 5.65 Å². The molecule has 4 nitrogen and oxygen atoms in total. The Kier molecular flexibility index (Phi) is 3.81. The number of aromatic nitrogens is 2. The van der Waals surface area contributed by atoms with Gasteiger partial charge < -0.3 is 9.72 Å². The van der Waals surface area contributed by atoms with Crippen molar-refractivity contribution in [3.05, 3.63) is 71.2 Å². The number of nitrogens with one attached hydrogen (secondary N) is 1. The normalized spacial score (nSPS) is 16.8. The Morgan fingerprint density at radius 1 is 1.25 bits per heavy atom. The van der Waals surface area contributed by atoms with E-state index in [2.05, 4.69) is 45.9 Å². The van der Waals surface area contributed by atoms with Gasteiger partial charge in [0.05, 0.1) is 5.69 Å². The van der Waals surface area contributed by atoms with Crippen LogP contribution >= 0.6 is 0 Å². The number of nitrogens with zero attached hydrogens (tertiary/aromatic N) is 2. The molecule has 0 aliphatic heterocycles. The highest BCUT2D eigenvalue weighted by Crippen LogP contribution is 2.26. The van der Waals surface area contributed by atoms with Crippen molar-refractivity contribution < 1.29 is 4.79 Å². The molecule has 2 heterocycles. The van der Waals surface area contributed by atoms with Gasteiger partial charge in [0, 0.05) is 30.8 Å². The first-order valence-corrected chi connectivity index (χ1v) is 8.49. The summed E-state index contributed by atoms with van der Waals surface area (Å²) in [5.74, 6) is 0.176. The number of amides is 1. The Bertz CT molecular complexity index is 880. The number of carbonyl (C=O) groups is 1. The lowest BCUT2D eigenvalue weighted by Gasteiger charge is -2.21. The third-order valence-corrected chi connectivity index (χ3v) is 4.84. The summed E-state index contributed by atoms with van der Waals surface area (Å²) in [5.41, 5.74) is 5.68. The molecular formula is C20H21N3O. The number of carbonyl (C=O) groups excluding carboxylic acids is 1. The largest absolute Gasteiger partial charge is 0.352 e. The van der Waals surface area contributed by atoms with E-state index >= 15 is 0 Å². The summed E-state index contributed by atoms with van der Waals surface area (Å²) < 4.78 is 2.12. The second-order valence-corrected chi connectivity index (χ2v) is 6.58. The van der Waals surface area contributed by atoms with E-state index in [4.69, 9.17) is 0 Å². The van der Waals surface area contributed by atoms with Crippen LogP contribution in [0.15, 0.2) is 48.7 Å². The molecule has 1 N–H and O–H groups in total. The van der Waals surface area contributed by atoms with E-state index in [9.17, 15) is 4.79 Å². The highest BCUT2D eigenvalue weighted by atomic mass is 16.1. The minimum absolute atomic E-state index is 0.0306. The molecule has 1 amide bonds. The van der Waals surface area contributed by atoms with Crippen LogP contribution in [0.3, 0.4) is 0 Å². The maximum atomic E-state index is 12.6. The predicted octanol–water partition coefficient (Wildman–Crippen LogP) is 3.06. The number of benzene rings is 1. The van der Waals surface area contributed by atoms with Crippen molar-refractivity contribution in [2.75, 3.05) is 0 Å². The molecule has 0 bridgehead atoms. The van der Waals surface area contributed by atoms with Crippen LogP contribution in [0.4, 0.5) is 0 Å². The molecule has 0 saturated carbocycles. The van der Waals surface area contributed by atoms with Gasteiger partial charge in [-0.1, -0.05) is 35.9 Å². The van der Waals surface area contributed by atoms with Crippen LogP contribution in [-0.4, -0.2) is 15.3 Å². The maximum Gasteiger partial charge on any atom is 0.223 e. The lowest BCUT2D eigenvalue weighted by atomic mass is 9.89. The standard InChI is InChI=1S/C20H21N3O/c1-14-5-7-15(8-6-14)13-21-20(24)16-9-10-17-18(12-16)23-11-3-2-4-19(23)22-17/h2-8,11,16H,9-10,12-13H2,1H3,(H,21,24). The van der Waals surface area contributed by atoms with Crippen molar-refractivity contribution in [1.82, 2.24) is 14.7 Å². The topological polar surface area (TPSA) is 46.4 Å². The van der Waals surface area contributed by atoms with Crippen LogP contribution in [0.5, 0.6) is 0 Å². The summed E-state index contributed by atoms with van der Waals surface area (Å²) in [5, 5.41) is 3.09. The van der Waals surface area contributed by atoms with Gasteiger partial charge in [0.15, 0.2) is 0 Å². The van der Waals surface area contributed by atoms with Crippen LogP contribution < -0.4 is 5.32 Å². The molecule has 1 aliphatic carbocycles. The SMILES string of the molecule is Cc1ccc(CNC(=O)C2CCc3nc4ccccn4c3C2)cc1. The van der Waals surface area contributed by atoms with Crippen molar-refractivity contribution in [3.63, 3.8) is 0 Å². The van der Waals surface area contributed by atoms with Crippen LogP contribution in [0.2, 0.25) is 0 Å². The number of pyridine rings is 1. The summed E-state index contributed by atoms with van der Waals surface area (Å²) in [6.07, 6.45) is 4.55. The van der Waals surface area contributed by atoms with Gasteiger partial charge in [-0.2, -0.15) is 0 Å². The fraction of sp³-hybridized carbons (Fsp3) is 0.300. The zero-order valence-electron chi connectivity index (χ0n) is 13.8. The van der Waals surface area contributed by atoms with Gasteiger partial charge in [0.25, 0.3) is 0 Å². The van der Waals surface area contributed by atoms with Gasteiger partial charge in [-0.3, -0.25) is 4.79 Å². The minimum atomic E-state index is 0.0306. The van der Waals surface area contributed by atoms with Gasteiger partial charge in [-0.15, -0.1) is 0 Å². The van der Waals surface area contributed by atoms with E-state index < -0.39 is 0 Å². The zero-order chi connectivity index (χ0) is 16.5. The van der Waals surface area contributed by atoms with E-state index in [-0.39, 0.29) is 11.8 Å². The first-order chi connectivity index (χ1) is 11.7. The molecule has 4 rings (SSSR count). The fourth-order valence-electron chi connectivity index (χ4n) is 3.42. The van der Waals surface area contributed by atoms with Crippen molar-refractivity contribution in [1.29, 1.82) is 0 Å². The quantitative estimate of drug-likeness (QED) is 0.806. The summed E-state index contributed by atoms with van der Waals surface area (Å²) in [4.78, 5) is 17.2. The fourth-order valence-corrected chi connectivity index (χ4v) is 3.42. The number of hydrogen-bond donors (Lipinski definition) is 1. The molecule has 4 heteroatoms. The Hall–Kier alpha value is -2.62. The van der Waals surface area contributed by atoms with Crippen LogP contribution in [0.1, 0.15) is 28.9 Å². The Balaban J connectivity index is 1.45. The Morgan fingerprint density at radius 3 is 2.92 bits per heavy atom. The second kappa shape index (κ2) is 6.11. The Morgan fingerprint density at radius 2 is 2.08 bits per heavy atom.